The van der Waals surface area contributed by atoms with Gasteiger partial charge in [-0.15, -0.1) is 0 Å². The Balaban J connectivity index is 1.75. The van der Waals surface area contributed by atoms with Crippen LogP contribution in [0, 0.1) is 0 Å². The van der Waals surface area contributed by atoms with Crippen molar-refractivity contribution in [3.8, 4) is 0 Å². The summed E-state index contributed by atoms with van der Waals surface area (Å²) in [5.41, 5.74) is 3.24. The molecule has 2 nitrogen and oxygen atoms in total. The summed E-state index contributed by atoms with van der Waals surface area (Å²) >= 11 is 12.2. The van der Waals surface area contributed by atoms with Crippen LogP contribution in [0.15, 0.2) is 54.7 Å². The molecule has 0 atom stereocenters. The second-order valence-electron chi connectivity index (χ2n) is 4.84. The Morgan fingerprint density at radius 3 is 2.71 bits per heavy atom. The molecule has 0 amide bonds. The Labute approximate surface area is 133 Å². The van der Waals surface area contributed by atoms with E-state index in [1.807, 2.05) is 42.5 Å². The van der Waals surface area contributed by atoms with Crippen molar-refractivity contribution in [3.05, 3.63) is 75.9 Å². The van der Waals surface area contributed by atoms with Crippen LogP contribution in [0.25, 0.3) is 10.9 Å². The van der Waals surface area contributed by atoms with Gasteiger partial charge in [-0.3, -0.25) is 4.98 Å². The van der Waals surface area contributed by atoms with Gasteiger partial charge in [-0.2, -0.15) is 0 Å². The molecule has 1 aromatic heterocycles. The predicted molar refractivity (Wildman–Crippen MR) is 88.7 cm³/mol. The summed E-state index contributed by atoms with van der Waals surface area (Å²) in [7, 11) is 0. The molecular weight excluding hydrogens is 303 g/mol. The first-order valence-electron chi connectivity index (χ1n) is 6.71. The fourth-order valence-corrected chi connectivity index (χ4v) is 2.76. The molecule has 0 aliphatic heterocycles. The van der Waals surface area contributed by atoms with Crippen LogP contribution in [-0.2, 0) is 13.1 Å². The number of fused-ring (bicyclic) bond motifs is 1. The van der Waals surface area contributed by atoms with E-state index in [9.17, 15) is 0 Å². The van der Waals surface area contributed by atoms with Crippen molar-refractivity contribution in [3.63, 3.8) is 0 Å². The summed E-state index contributed by atoms with van der Waals surface area (Å²) in [6, 6.07) is 15.7. The van der Waals surface area contributed by atoms with Gasteiger partial charge in [0.1, 0.15) is 0 Å². The summed E-state index contributed by atoms with van der Waals surface area (Å²) in [5, 5.41) is 5.89. The largest absolute Gasteiger partial charge is 0.309 e. The van der Waals surface area contributed by atoms with Crippen molar-refractivity contribution < 1.29 is 0 Å². The predicted octanol–water partition coefficient (Wildman–Crippen LogP) is 4.83. The van der Waals surface area contributed by atoms with Gasteiger partial charge in [0.25, 0.3) is 0 Å². The lowest BCUT2D eigenvalue weighted by molar-refractivity contribution is 0.696. The summed E-state index contributed by atoms with van der Waals surface area (Å²) in [6.07, 6.45) is 1.79. The number of nitrogens with zero attached hydrogens (tertiary/aromatic N) is 1. The van der Waals surface area contributed by atoms with Gasteiger partial charge in [0.15, 0.2) is 0 Å². The maximum atomic E-state index is 6.20. The van der Waals surface area contributed by atoms with Gasteiger partial charge in [0.05, 0.1) is 5.52 Å². The summed E-state index contributed by atoms with van der Waals surface area (Å²) < 4.78 is 0. The molecule has 0 fully saturated rings. The average molecular weight is 317 g/mol. The van der Waals surface area contributed by atoms with Gasteiger partial charge in [-0.05, 0) is 41.5 Å². The van der Waals surface area contributed by atoms with Gasteiger partial charge < -0.3 is 5.32 Å². The Morgan fingerprint density at radius 2 is 1.86 bits per heavy atom. The third-order valence-corrected chi connectivity index (χ3v) is 3.90. The number of hydrogen-bond donors (Lipinski definition) is 1. The molecule has 3 aromatic rings. The van der Waals surface area contributed by atoms with E-state index in [1.165, 1.54) is 0 Å². The fraction of sp³-hybridized carbons (Fsp3) is 0.118. The molecule has 0 saturated carbocycles. The van der Waals surface area contributed by atoms with E-state index >= 15 is 0 Å². The highest BCUT2D eigenvalue weighted by atomic mass is 35.5. The van der Waals surface area contributed by atoms with Crippen LogP contribution >= 0.6 is 23.2 Å². The molecule has 0 aliphatic rings. The van der Waals surface area contributed by atoms with Crippen molar-refractivity contribution in [1.29, 1.82) is 0 Å². The molecule has 0 saturated heterocycles. The maximum absolute atomic E-state index is 6.20. The third kappa shape index (κ3) is 3.35. The molecule has 1 N–H and O–H groups in total. The lowest BCUT2D eigenvalue weighted by atomic mass is 10.1. The highest BCUT2D eigenvalue weighted by Crippen LogP contribution is 2.24. The van der Waals surface area contributed by atoms with Crippen molar-refractivity contribution >= 4 is 34.1 Å². The summed E-state index contributed by atoms with van der Waals surface area (Å²) in [5.74, 6) is 0. The van der Waals surface area contributed by atoms with Crippen molar-refractivity contribution in [1.82, 2.24) is 10.3 Å². The normalized spacial score (nSPS) is 11.0. The molecule has 21 heavy (non-hydrogen) atoms. The van der Waals surface area contributed by atoms with E-state index in [0.717, 1.165) is 45.2 Å². The van der Waals surface area contributed by atoms with E-state index in [1.54, 1.807) is 6.20 Å². The highest BCUT2D eigenvalue weighted by Gasteiger charge is 2.05. The first kappa shape index (κ1) is 14.3. The van der Waals surface area contributed by atoms with Gasteiger partial charge in [0, 0.05) is 34.7 Å². The fourth-order valence-electron chi connectivity index (χ4n) is 2.33. The quantitative estimate of drug-likeness (QED) is 0.745. The zero-order chi connectivity index (χ0) is 14.7. The van der Waals surface area contributed by atoms with Crippen molar-refractivity contribution in [2.45, 2.75) is 13.1 Å². The van der Waals surface area contributed by atoms with E-state index < -0.39 is 0 Å². The minimum atomic E-state index is 0.733. The molecule has 0 aliphatic carbocycles. The number of halogens is 2. The molecule has 4 heteroatoms. The summed E-state index contributed by atoms with van der Waals surface area (Å²) in [4.78, 5) is 4.44. The molecule has 1 heterocycles. The van der Waals surface area contributed by atoms with E-state index in [2.05, 4.69) is 16.4 Å². The second-order valence-corrected chi connectivity index (χ2v) is 5.68. The van der Waals surface area contributed by atoms with Crippen LogP contribution in [0.2, 0.25) is 10.0 Å². The monoisotopic (exact) mass is 316 g/mol. The lowest BCUT2D eigenvalue weighted by Crippen LogP contribution is -2.13. The number of nitrogens with one attached hydrogen (secondary N) is 1. The molecule has 106 valence electrons. The Morgan fingerprint density at radius 1 is 0.952 bits per heavy atom. The number of hydrogen-bond acceptors (Lipinski definition) is 2. The van der Waals surface area contributed by atoms with Gasteiger partial charge in [-0.25, -0.2) is 0 Å². The van der Waals surface area contributed by atoms with Crippen LogP contribution in [-0.4, -0.2) is 4.98 Å². The van der Waals surface area contributed by atoms with Crippen LogP contribution < -0.4 is 5.32 Å². The lowest BCUT2D eigenvalue weighted by Gasteiger charge is -2.09. The molecule has 0 spiro atoms. The van der Waals surface area contributed by atoms with E-state index in [-0.39, 0.29) is 0 Å². The smallest absolute Gasteiger partial charge is 0.0761 e. The van der Waals surface area contributed by atoms with Crippen LogP contribution in [0.4, 0.5) is 0 Å². The minimum absolute atomic E-state index is 0.733. The van der Waals surface area contributed by atoms with Gasteiger partial charge >= 0.3 is 0 Å². The highest BCUT2D eigenvalue weighted by molar-refractivity contribution is 6.35. The number of aromatic nitrogens is 1. The zero-order valence-corrected chi connectivity index (χ0v) is 12.8. The van der Waals surface area contributed by atoms with Gasteiger partial charge in [-0.1, -0.05) is 41.4 Å². The average Bonchev–Trinajstić information content (AvgIpc) is 2.50. The number of rotatable bonds is 4. The first-order chi connectivity index (χ1) is 10.2. The first-order valence-corrected chi connectivity index (χ1v) is 7.47. The molecule has 0 radical (unpaired) electrons. The van der Waals surface area contributed by atoms with Crippen molar-refractivity contribution in [2.75, 3.05) is 0 Å². The molecule has 3 rings (SSSR count). The topological polar surface area (TPSA) is 24.9 Å². The molecule has 0 bridgehead atoms. The Kier molecular flexibility index (Phi) is 4.39. The second kappa shape index (κ2) is 6.44. The SMILES string of the molecule is Clc1cccc(CNCc2ccc(Cl)c3cccnc23)c1. The van der Waals surface area contributed by atoms with Crippen molar-refractivity contribution in [2.24, 2.45) is 0 Å². The Bertz CT molecular complexity index is 772. The minimum Gasteiger partial charge on any atom is -0.309 e. The number of benzene rings is 2. The van der Waals surface area contributed by atoms with Crippen LogP contribution in [0.3, 0.4) is 0 Å². The molecule has 0 unspecified atom stereocenters. The van der Waals surface area contributed by atoms with E-state index in [0.29, 0.717) is 0 Å². The number of pyridine rings is 1. The molecule has 2 aromatic carbocycles. The van der Waals surface area contributed by atoms with Gasteiger partial charge in [0.2, 0.25) is 0 Å². The standard InChI is InChI=1S/C17H14Cl2N2/c18-14-4-1-3-12(9-14)10-20-11-13-6-7-16(19)15-5-2-8-21-17(13)15/h1-9,20H,10-11H2. The Hall–Kier alpha value is -1.61. The zero-order valence-electron chi connectivity index (χ0n) is 11.3. The molecular formula is C17H14Cl2N2. The van der Waals surface area contributed by atoms with Crippen LogP contribution in [0.1, 0.15) is 11.1 Å². The maximum Gasteiger partial charge on any atom is 0.0761 e. The third-order valence-electron chi connectivity index (χ3n) is 3.33. The van der Waals surface area contributed by atoms with Crippen LogP contribution in [0.5, 0.6) is 0 Å². The summed E-state index contributed by atoms with van der Waals surface area (Å²) in [6.45, 7) is 1.49. The van der Waals surface area contributed by atoms with E-state index in [4.69, 9.17) is 23.2 Å².